The molecule has 1 unspecified atom stereocenters. The standard InChI is InChI=1S/C18H29N3O.HI/c1-3-19-18(20-4-2)21-13-8-14-22-17-12-7-10-15-9-5-6-11-16(15)17;/h5-6,9,11,17H,3-4,7-8,10,12-14H2,1-2H3,(H2,19,20,21);1H. The van der Waals surface area contributed by atoms with Crippen LogP contribution in [-0.4, -0.2) is 32.2 Å². The molecule has 130 valence electrons. The smallest absolute Gasteiger partial charge is 0.191 e. The first kappa shape index (κ1) is 20.2. The van der Waals surface area contributed by atoms with Crippen LogP contribution in [0.15, 0.2) is 29.3 Å². The number of fused-ring (bicyclic) bond motifs is 1. The molecule has 0 heterocycles. The molecule has 0 amide bonds. The first-order valence-corrected chi connectivity index (χ1v) is 8.56. The van der Waals surface area contributed by atoms with Crippen LogP contribution >= 0.6 is 24.0 Å². The van der Waals surface area contributed by atoms with Gasteiger partial charge in [0, 0.05) is 26.2 Å². The number of nitrogens with one attached hydrogen (secondary N) is 2. The third kappa shape index (κ3) is 6.67. The Morgan fingerprint density at radius 2 is 1.96 bits per heavy atom. The van der Waals surface area contributed by atoms with Crippen LogP contribution in [0.1, 0.15) is 50.3 Å². The molecule has 1 atom stereocenters. The van der Waals surface area contributed by atoms with Gasteiger partial charge in [-0.15, -0.1) is 24.0 Å². The Morgan fingerprint density at radius 1 is 1.22 bits per heavy atom. The molecule has 0 fully saturated rings. The molecule has 0 bridgehead atoms. The SMILES string of the molecule is CCNC(=NCCCOC1CCCc2ccccc21)NCC.I. The van der Waals surface area contributed by atoms with E-state index in [1.54, 1.807) is 0 Å². The highest BCUT2D eigenvalue weighted by Crippen LogP contribution is 2.32. The number of aliphatic imine (C=N–C) groups is 1. The Labute approximate surface area is 157 Å². The lowest BCUT2D eigenvalue weighted by Crippen LogP contribution is -2.37. The van der Waals surface area contributed by atoms with Gasteiger partial charge in [0.1, 0.15) is 0 Å². The summed E-state index contributed by atoms with van der Waals surface area (Å²) in [6, 6.07) is 8.68. The van der Waals surface area contributed by atoms with Gasteiger partial charge in [-0.3, -0.25) is 4.99 Å². The van der Waals surface area contributed by atoms with Gasteiger partial charge < -0.3 is 15.4 Å². The van der Waals surface area contributed by atoms with E-state index in [0.717, 1.165) is 45.0 Å². The maximum absolute atomic E-state index is 6.10. The highest BCUT2D eigenvalue weighted by Gasteiger charge is 2.19. The molecule has 0 saturated carbocycles. The lowest BCUT2D eigenvalue weighted by atomic mass is 9.89. The molecule has 4 nitrogen and oxygen atoms in total. The van der Waals surface area contributed by atoms with Gasteiger partial charge in [0.05, 0.1) is 6.10 Å². The van der Waals surface area contributed by atoms with Crippen LogP contribution in [0.5, 0.6) is 0 Å². The summed E-state index contributed by atoms with van der Waals surface area (Å²) < 4.78 is 6.10. The van der Waals surface area contributed by atoms with Gasteiger partial charge in [0.2, 0.25) is 0 Å². The Hall–Kier alpha value is -0.820. The van der Waals surface area contributed by atoms with Crippen LogP contribution < -0.4 is 10.6 Å². The van der Waals surface area contributed by atoms with Gasteiger partial charge in [0.25, 0.3) is 0 Å². The normalized spacial score (nSPS) is 16.0. The summed E-state index contributed by atoms with van der Waals surface area (Å²) >= 11 is 0. The van der Waals surface area contributed by atoms with Crippen molar-refractivity contribution in [2.75, 3.05) is 26.2 Å². The summed E-state index contributed by atoms with van der Waals surface area (Å²) in [6.07, 6.45) is 4.79. The van der Waals surface area contributed by atoms with E-state index in [1.807, 2.05) is 0 Å². The molecule has 1 aliphatic carbocycles. The van der Waals surface area contributed by atoms with E-state index in [9.17, 15) is 0 Å². The Balaban J connectivity index is 0.00000264. The van der Waals surface area contributed by atoms with E-state index < -0.39 is 0 Å². The van der Waals surface area contributed by atoms with Crippen molar-refractivity contribution in [3.8, 4) is 0 Å². The molecule has 1 aliphatic rings. The van der Waals surface area contributed by atoms with Gasteiger partial charge in [-0.1, -0.05) is 24.3 Å². The molecule has 1 aromatic carbocycles. The van der Waals surface area contributed by atoms with Crippen molar-refractivity contribution in [1.82, 2.24) is 10.6 Å². The zero-order chi connectivity index (χ0) is 15.6. The van der Waals surface area contributed by atoms with Crippen molar-refractivity contribution < 1.29 is 4.74 Å². The minimum absolute atomic E-state index is 0. The van der Waals surface area contributed by atoms with Gasteiger partial charge in [-0.25, -0.2) is 0 Å². The second-order valence-corrected chi connectivity index (χ2v) is 5.60. The summed E-state index contributed by atoms with van der Waals surface area (Å²) in [5.74, 6) is 0.896. The minimum atomic E-state index is 0. The van der Waals surface area contributed by atoms with Crippen molar-refractivity contribution >= 4 is 29.9 Å². The van der Waals surface area contributed by atoms with E-state index in [2.05, 4.69) is 53.7 Å². The van der Waals surface area contributed by atoms with Crippen LogP contribution in [0.3, 0.4) is 0 Å². The third-order valence-electron chi connectivity index (χ3n) is 3.89. The van der Waals surface area contributed by atoms with E-state index in [1.165, 1.54) is 24.0 Å². The predicted molar refractivity (Wildman–Crippen MR) is 108 cm³/mol. The van der Waals surface area contributed by atoms with Crippen LogP contribution in [-0.2, 0) is 11.2 Å². The predicted octanol–water partition coefficient (Wildman–Crippen LogP) is 3.66. The molecule has 0 aromatic heterocycles. The van der Waals surface area contributed by atoms with Crippen molar-refractivity contribution in [3.63, 3.8) is 0 Å². The number of halogens is 1. The first-order valence-electron chi connectivity index (χ1n) is 8.56. The molecule has 5 heteroatoms. The van der Waals surface area contributed by atoms with Crippen LogP contribution in [0.4, 0.5) is 0 Å². The number of ether oxygens (including phenoxy) is 1. The number of guanidine groups is 1. The number of rotatable bonds is 7. The second-order valence-electron chi connectivity index (χ2n) is 5.60. The van der Waals surface area contributed by atoms with Gasteiger partial charge in [0.15, 0.2) is 5.96 Å². The van der Waals surface area contributed by atoms with Gasteiger partial charge in [-0.2, -0.15) is 0 Å². The number of benzene rings is 1. The average Bonchev–Trinajstić information content (AvgIpc) is 2.55. The number of hydrogen-bond donors (Lipinski definition) is 2. The summed E-state index contributed by atoms with van der Waals surface area (Å²) in [6.45, 7) is 7.51. The highest BCUT2D eigenvalue weighted by atomic mass is 127. The maximum atomic E-state index is 6.10. The fourth-order valence-corrected chi connectivity index (χ4v) is 2.87. The topological polar surface area (TPSA) is 45.7 Å². The first-order chi connectivity index (χ1) is 10.8. The van der Waals surface area contributed by atoms with Gasteiger partial charge in [-0.05, 0) is 50.7 Å². The van der Waals surface area contributed by atoms with Crippen molar-refractivity contribution in [2.45, 2.75) is 45.6 Å². The zero-order valence-electron chi connectivity index (χ0n) is 14.3. The third-order valence-corrected chi connectivity index (χ3v) is 3.89. The monoisotopic (exact) mass is 431 g/mol. The highest BCUT2D eigenvalue weighted by molar-refractivity contribution is 14.0. The molecule has 1 aromatic rings. The van der Waals surface area contributed by atoms with Gasteiger partial charge >= 0.3 is 0 Å². The van der Waals surface area contributed by atoms with E-state index in [4.69, 9.17) is 4.74 Å². The molecule has 0 radical (unpaired) electrons. The quantitative estimate of drug-likeness (QED) is 0.300. The molecular weight excluding hydrogens is 401 g/mol. The van der Waals surface area contributed by atoms with Crippen molar-refractivity contribution in [1.29, 1.82) is 0 Å². The molecule has 23 heavy (non-hydrogen) atoms. The van der Waals surface area contributed by atoms with Crippen molar-refractivity contribution in [3.05, 3.63) is 35.4 Å². The molecule has 0 spiro atoms. The number of nitrogens with zero attached hydrogens (tertiary/aromatic N) is 1. The Bertz CT molecular complexity index is 471. The maximum Gasteiger partial charge on any atom is 0.191 e. The second kappa shape index (κ2) is 11.7. The fraction of sp³-hybridized carbons (Fsp3) is 0.611. The van der Waals surface area contributed by atoms with Crippen LogP contribution in [0.2, 0.25) is 0 Å². The minimum Gasteiger partial charge on any atom is -0.373 e. The van der Waals surface area contributed by atoms with Crippen molar-refractivity contribution in [2.24, 2.45) is 4.99 Å². The van der Waals surface area contributed by atoms with E-state index in [-0.39, 0.29) is 30.1 Å². The number of hydrogen-bond acceptors (Lipinski definition) is 2. The molecule has 2 rings (SSSR count). The lowest BCUT2D eigenvalue weighted by molar-refractivity contribution is 0.0403. The summed E-state index contributed by atoms with van der Waals surface area (Å²) in [5, 5.41) is 6.47. The molecular formula is C18H30IN3O. The summed E-state index contributed by atoms with van der Waals surface area (Å²) in [5.41, 5.74) is 2.84. The Kier molecular flexibility index (Phi) is 10.3. The summed E-state index contributed by atoms with van der Waals surface area (Å²) in [7, 11) is 0. The Morgan fingerprint density at radius 3 is 2.70 bits per heavy atom. The average molecular weight is 431 g/mol. The fourth-order valence-electron chi connectivity index (χ4n) is 2.87. The largest absolute Gasteiger partial charge is 0.373 e. The molecule has 2 N–H and O–H groups in total. The zero-order valence-corrected chi connectivity index (χ0v) is 16.6. The summed E-state index contributed by atoms with van der Waals surface area (Å²) in [4.78, 5) is 4.54. The van der Waals surface area contributed by atoms with E-state index >= 15 is 0 Å². The molecule has 0 saturated heterocycles. The van der Waals surface area contributed by atoms with E-state index in [0.29, 0.717) is 0 Å². The van der Waals surface area contributed by atoms with Crippen LogP contribution in [0, 0.1) is 0 Å². The lowest BCUT2D eigenvalue weighted by Gasteiger charge is -2.25. The van der Waals surface area contributed by atoms with Crippen LogP contribution in [0.25, 0.3) is 0 Å². The number of aryl methyl sites for hydroxylation is 1. The molecule has 0 aliphatic heterocycles.